The van der Waals surface area contributed by atoms with Gasteiger partial charge in [-0.25, -0.2) is 0 Å². The molecule has 0 saturated carbocycles. The van der Waals surface area contributed by atoms with E-state index in [1.165, 1.54) is 40.2 Å². The summed E-state index contributed by atoms with van der Waals surface area (Å²) in [6.07, 6.45) is -2.76. The van der Waals surface area contributed by atoms with Gasteiger partial charge in [-0.3, -0.25) is 9.80 Å². The number of thiocarbonyl (C=S) groups is 1. The van der Waals surface area contributed by atoms with Crippen LogP contribution >= 0.6 is 24.0 Å². The van der Waals surface area contributed by atoms with Gasteiger partial charge >= 0.3 is 6.18 Å². The molecule has 0 aromatic heterocycles. The van der Waals surface area contributed by atoms with Crippen LogP contribution in [0.2, 0.25) is 0 Å². The third-order valence-electron chi connectivity index (χ3n) is 9.70. The van der Waals surface area contributed by atoms with Crippen LogP contribution in [-0.2, 0) is 17.3 Å². The topological polar surface area (TPSA) is 22.2 Å². The van der Waals surface area contributed by atoms with Crippen molar-refractivity contribution in [1.82, 2.24) is 14.7 Å². The lowest BCUT2D eigenvalue weighted by molar-refractivity contribution is -0.137. The molecule has 10 heteroatoms. The van der Waals surface area contributed by atoms with E-state index in [2.05, 4.69) is 83.1 Å². The van der Waals surface area contributed by atoms with Crippen molar-refractivity contribution in [2.45, 2.75) is 41.3 Å². The van der Waals surface area contributed by atoms with E-state index in [9.17, 15) is 13.2 Å². The molecule has 48 heavy (non-hydrogen) atoms. The Morgan fingerprint density at radius 2 is 1.46 bits per heavy atom. The Bertz CT molecular complexity index is 1740. The Hall–Kier alpha value is -3.15. The summed E-state index contributed by atoms with van der Waals surface area (Å²) in [5.74, 6) is 0. The van der Waals surface area contributed by atoms with E-state index in [1.54, 1.807) is 6.07 Å². The standard InChI is InChI=1S/C38H43F3N4OS2/c1-37(42(2)3,27-28-13-14-29-9-4-5-10-30(29)25-28)36(47)46-24-23-44-21-19-43(20-22-44)17-8-18-45-32-11-6-7-12-34(32)48-35-16-15-31(26-33(35)45)38(39,40)41/h4-7,9-16,25-26H,8,17-24,27H2,1-3H3. The number of alkyl halides is 3. The molecule has 2 heterocycles. The first-order valence-electron chi connectivity index (χ1n) is 16.5. The second kappa shape index (κ2) is 14.8. The number of fused-ring (bicyclic) bond motifs is 3. The highest BCUT2D eigenvalue weighted by Gasteiger charge is 2.35. The van der Waals surface area contributed by atoms with E-state index < -0.39 is 17.3 Å². The molecule has 254 valence electrons. The van der Waals surface area contributed by atoms with Gasteiger partial charge in [0.15, 0.2) is 5.05 Å². The van der Waals surface area contributed by atoms with Gasteiger partial charge in [-0.2, -0.15) is 13.2 Å². The van der Waals surface area contributed by atoms with Crippen molar-refractivity contribution in [2.24, 2.45) is 0 Å². The van der Waals surface area contributed by atoms with Crippen LogP contribution < -0.4 is 4.90 Å². The van der Waals surface area contributed by atoms with Crippen molar-refractivity contribution in [3.8, 4) is 0 Å². The maximum Gasteiger partial charge on any atom is 0.416 e. The minimum atomic E-state index is -4.37. The zero-order valence-corrected chi connectivity index (χ0v) is 29.4. The highest BCUT2D eigenvalue weighted by Crippen LogP contribution is 2.49. The molecule has 4 aromatic carbocycles. The van der Waals surface area contributed by atoms with Gasteiger partial charge in [-0.15, -0.1) is 0 Å². The third-order valence-corrected chi connectivity index (χ3v) is 11.4. The number of halogens is 3. The molecule has 0 aliphatic carbocycles. The molecule has 5 nitrogen and oxygen atoms in total. The van der Waals surface area contributed by atoms with Gasteiger partial charge in [-0.05, 0) is 99.3 Å². The lowest BCUT2D eigenvalue weighted by atomic mass is 9.91. The number of anilines is 2. The molecule has 0 bridgehead atoms. The van der Waals surface area contributed by atoms with Gasteiger partial charge in [0.2, 0.25) is 0 Å². The average Bonchev–Trinajstić information content (AvgIpc) is 3.07. The molecule has 0 spiro atoms. The summed E-state index contributed by atoms with van der Waals surface area (Å²) in [4.78, 5) is 11.0. The molecule has 1 fully saturated rings. The van der Waals surface area contributed by atoms with E-state index in [0.29, 0.717) is 23.9 Å². The summed E-state index contributed by atoms with van der Waals surface area (Å²) in [6, 6.07) is 27.0. The number of nitrogens with zero attached hydrogens (tertiary/aromatic N) is 4. The van der Waals surface area contributed by atoms with Crippen molar-refractivity contribution < 1.29 is 17.9 Å². The van der Waals surface area contributed by atoms with E-state index in [-0.39, 0.29) is 0 Å². The first kappa shape index (κ1) is 34.7. The Labute approximate surface area is 291 Å². The van der Waals surface area contributed by atoms with Crippen LogP contribution in [0.5, 0.6) is 0 Å². The van der Waals surface area contributed by atoms with E-state index in [4.69, 9.17) is 17.0 Å². The lowest BCUT2D eigenvalue weighted by Crippen LogP contribution is -2.51. The number of hydrogen-bond acceptors (Lipinski definition) is 7. The molecule has 0 amide bonds. The Morgan fingerprint density at radius 1 is 0.792 bits per heavy atom. The maximum absolute atomic E-state index is 13.6. The summed E-state index contributed by atoms with van der Waals surface area (Å²) in [7, 11) is 4.11. The van der Waals surface area contributed by atoms with Gasteiger partial charge in [0.05, 0.1) is 22.5 Å². The summed E-state index contributed by atoms with van der Waals surface area (Å²) < 4.78 is 47.0. The Kier molecular flexibility index (Phi) is 10.7. The molecule has 0 radical (unpaired) electrons. The molecule has 1 atom stereocenters. The van der Waals surface area contributed by atoms with Crippen LogP contribution in [0.4, 0.5) is 24.5 Å². The number of hydrogen-bond donors (Lipinski definition) is 0. The Morgan fingerprint density at radius 3 is 2.19 bits per heavy atom. The highest BCUT2D eigenvalue weighted by atomic mass is 32.2. The van der Waals surface area contributed by atoms with Crippen LogP contribution in [0.1, 0.15) is 24.5 Å². The largest absolute Gasteiger partial charge is 0.484 e. The fourth-order valence-electron chi connectivity index (χ4n) is 6.52. The fourth-order valence-corrected chi connectivity index (χ4v) is 7.93. The molecular formula is C38H43F3N4OS2. The summed E-state index contributed by atoms with van der Waals surface area (Å²) >= 11 is 7.40. The van der Waals surface area contributed by atoms with E-state index >= 15 is 0 Å². The number of ether oxygens (including phenoxy) is 1. The van der Waals surface area contributed by atoms with Crippen LogP contribution in [0, 0.1) is 0 Å². The number of rotatable bonds is 11. The van der Waals surface area contributed by atoms with Gasteiger partial charge in [-0.1, -0.05) is 66.4 Å². The van der Waals surface area contributed by atoms with Gasteiger partial charge < -0.3 is 14.5 Å². The second-order valence-electron chi connectivity index (χ2n) is 13.1. The predicted molar refractivity (Wildman–Crippen MR) is 195 cm³/mol. The summed E-state index contributed by atoms with van der Waals surface area (Å²) in [5.41, 5.74) is 1.81. The zero-order valence-electron chi connectivity index (χ0n) is 27.8. The first-order chi connectivity index (χ1) is 23.0. The van der Waals surface area contributed by atoms with Crippen LogP contribution in [0.15, 0.2) is 94.7 Å². The smallest absolute Gasteiger partial charge is 0.416 e. The van der Waals surface area contributed by atoms with Crippen molar-refractivity contribution in [1.29, 1.82) is 0 Å². The molecule has 4 aromatic rings. The fraction of sp³-hybridized carbons (Fsp3) is 0.395. The van der Waals surface area contributed by atoms with Crippen LogP contribution in [0.3, 0.4) is 0 Å². The Balaban J connectivity index is 0.975. The molecule has 2 aliphatic heterocycles. The highest BCUT2D eigenvalue weighted by molar-refractivity contribution is 7.99. The van der Waals surface area contributed by atoms with Crippen LogP contribution in [-0.4, -0.2) is 91.8 Å². The normalized spacial score (nSPS) is 16.9. The number of piperazine rings is 1. The zero-order chi connectivity index (χ0) is 33.9. The van der Waals surface area contributed by atoms with Crippen molar-refractivity contribution in [2.75, 3.05) is 71.4 Å². The predicted octanol–water partition coefficient (Wildman–Crippen LogP) is 8.38. The second-order valence-corrected chi connectivity index (χ2v) is 14.6. The van der Waals surface area contributed by atoms with Crippen molar-refractivity contribution in [3.05, 3.63) is 96.1 Å². The van der Waals surface area contributed by atoms with Gasteiger partial charge in [0, 0.05) is 49.1 Å². The van der Waals surface area contributed by atoms with Crippen molar-refractivity contribution in [3.63, 3.8) is 0 Å². The monoisotopic (exact) mass is 692 g/mol. The lowest BCUT2D eigenvalue weighted by Gasteiger charge is -2.38. The summed E-state index contributed by atoms with van der Waals surface area (Å²) in [5, 5.41) is 3.07. The third kappa shape index (κ3) is 7.84. The molecule has 1 saturated heterocycles. The molecule has 1 unspecified atom stereocenters. The molecular weight excluding hydrogens is 650 g/mol. The van der Waals surface area contributed by atoms with Gasteiger partial charge in [0.25, 0.3) is 0 Å². The van der Waals surface area contributed by atoms with E-state index in [0.717, 1.165) is 67.6 Å². The number of benzene rings is 4. The summed E-state index contributed by atoms with van der Waals surface area (Å²) in [6.45, 7) is 8.84. The van der Waals surface area contributed by atoms with Crippen molar-refractivity contribution >= 4 is 51.2 Å². The number of likely N-dealkylation sites (N-methyl/N-ethyl adjacent to an activating group) is 1. The minimum Gasteiger partial charge on any atom is -0.484 e. The molecule has 6 rings (SSSR count). The average molecular weight is 693 g/mol. The molecule has 0 N–H and O–H groups in total. The SMILES string of the molecule is CN(C)C(C)(Cc1ccc2ccccc2c1)C(=S)OCCN1CCN(CCCN2c3ccccc3Sc3ccc(C(F)(F)F)cc32)CC1. The molecule has 2 aliphatic rings. The number of para-hydroxylation sites is 1. The maximum atomic E-state index is 13.6. The van der Waals surface area contributed by atoms with E-state index in [1.807, 2.05) is 24.3 Å². The van der Waals surface area contributed by atoms with Gasteiger partial charge in [0.1, 0.15) is 6.61 Å². The van der Waals surface area contributed by atoms with Crippen LogP contribution in [0.25, 0.3) is 10.8 Å². The quantitative estimate of drug-likeness (QED) is 0.146. The first-order valence-corrected chi connectivity index (χ1v) is 17.8. The minimum absolute atomic E-state index is 0.418.